The molecule has 1 N–H and O–H groups in total. The molecule has 0 aromatic carbocycles. The Morgan fingerprint density at radius 2 is 2.31 bits per heavy atom. The van der Waals surface area contributed by atoms with Gasteiger partial charge in [-0.1, -0.05) is 0 Å². The van der Waals surface area contributed by atoms with Crippen molar-refractivity contribution in [2.75, 3.05) is 0 Å². The fourth-order valence-corrected chi connectivity index (χ4v) is 1.38. The van der Waals surface area contributed by atoms with Gasteiger partial charge in [0.05, 0.1) is 11.3 Å². The second-order valence-corrected chi connectivity index (χ2v) is 3.19. The fraction of sp³-hybridized carbons (Fsp3) is 0.100. The number of aryl methyl sites for hydroxylation is 1. The third-order valence-electron chi connectivity index (χ3n) is 2.13. The van der Waals surface area contributed by atoms with Gasteiger partial charge in [0.15, 0.2) is 0 Å². The molecule has 0 fully saturated rings. The van der Waals surface area contributed by atoms with Crippen molar-refractivity contribution < 1.29 is 14.3 Å². The number of carboxylic acids is 1. The molecule has 0 aliphatic rings. The van der Waals surface area contributed by atoms with Crippen LogP contribution in [0, 0.1) is 5.95 Å². The molecule has 2 aromatic rings. The van der Waals surface area contributed by atoms with Crippen LogP contribution in [0.5, 0.6) is 0 Å². The van der Waals surface area contributed by atoms with Gasteiger partial charge in [0.1, 0.15) is 5.69 Å². The van der Waals surface area contributed by atoms with Crippen LogP contribution in [0.2, 0.25) is 0 Å². The van der Waals surface area contributed by atoms with Gasteiger partial charge in [-0.3, -0.25) is 4.68 Å². The molecule has 0 amide bonds. The zero-order chi connectivity index (χ0) is 11.7. The lowest BCUT2D eigenvalue weighted by molar-refractivity contribution is 0.0685. The summed E-state index contributed by atoms with van der Waals surface area (Å²) >= 11 is 0. The van der Waals surface area contributed by atoms with Crippen molar-refractivity contribution in [2.24, 2.45) is 7.05 Å². The summed E-state index contributed by atoms with van der Waals surface area (Å²) in [7, 11) is 1.49. The predicted molar refractivity (Wildman–Crippen MR) is 53.4 cm³/mol. The highest BCUT2D eigenvalue weighted by molar-refractivity contribution is 5.87. The van der Waals surface area contributed by atoms with E-state index in [0.29, 0.717) is 0 Å². The average Bonchev–Trinajstić information content (AvgIpc) is 2.61. The van der Waals surface area contributed by atoms with Gasteiger partial charge in [-0.15, -0.1) is 0 Å². The third kappa shape index (κ3) is 1.65. The zero-order valence-corrected chi connectivity index (χ0v) is 8.38. The minimum atomic E-state index is -1.11. The van der Waals surface area contributed by atoms with Gasteiger partial charge in [-0.25, -0.2) is 9.78 Å². The average molecular weight is 221 g/mol. The van der Waals surface area contributed by atoms with E-state index in [0.717, 1.165) is 0 Å². The molecule has 2 heterocycles. The van der Waals surface area contributed by atoms with Crippen LogP contribution in [0.4, 0.5) is 4.39 Å². The standard InChI is InChI=1S/C10H8FN3O2/c1-14-8(10(15)16)5-7(13-14)6-3-2-4-12-9(6)11/h2-5H,1H3,(H,15,16). The van der Waals surface area contributed by atoms with E-state index in [-0.39, 0.29) is 17.0 Å². The summed E-state index contributed by atoms with van der Waals surface area (Å²) in [6, 6.07) is 4.37. The van der Waals surface area contributed by atoms with Crippen LogP contribution >= 0.6 is 0 Å². The Hall–Kier alpha value is -2.24. The summed E-state index contributed by atoms with van der Waals surface area (Å²) in [6.45, 7) is 0. The molecule has 82 valence electrons. The highest BCUT2D eigenvalue weighted by Crippen LogP contribution is 2.20. The molecule has 16 heavy (non-hydrogen) atoms. The number of pyridine rings is 1. The minimum absolute atomic E-state index is 0.00162. The number of aromatic nitrogens is 3. The van der Waals surface area contributed by atoms with E-state index in [2.05, 4.69) is 10.1 Å². The molecule has 0 aliphatic carbocycles. The van der Waals surface area contributed by atoms with E-state index >= 15 is 0 Å². The fourth-order valence-electron chi connectivity index (χ4n) is 1.38. The number of nitrogens with zero attached hydrogens (tertiary/aromatic N) is 3. The molecule has 0 unspecified atom stereocenters. The summed E-state index contributed by atoms with van der Waals surface area (Å²) in [5.74, 6) is -1.77. The van der Waals surface area contributed by atoms with Gasteiger partial charge in [0.25, 0.3) is 0 Å². The molecule has 0 atom stereocenters. The lowest BCUT2D eigenvalue weighted by Gasteiger charge is -1.95. The molecule has 0 saturated heterocycles. The van der Waals surface area contributed by atoms with Gasteiger partial charge in [0.2, 0.25) is 5.95 Å². The number of aromatic carboxylic acids is 1. The lowest BCUT2D eigenvalue weighted by Crippen LogP contribution is -2.04. The first-order valence-electron chi connectivity index (χ1n) is 4.48. The van der Waals surface area contributed by atoms with Crippen LogP contribution in [0.1, 0.15) is 10.5 Å². The van der Waals surface area contributed by atoms with Crippen molar-refractivity contribution >= 4 is 5.97 Å². The number of hydrogen-bond donors (Lipinski definition) is 1. The zero-order valence-electron chi connectivity index (χ0n) is 8.38. The van der Waals surface area contributed by atoms with Crippen LogP contribution in [0.25, 0.3) is 11.3 Å². The number of carboxylic acid groups (broad SMARTS) is 1. The minimum Gasteiger partial charge on any atom is -0.477 e. The van der Waals surface area contributed by atoms with Crippen LogP contribution in [0.15, 0.2) is 24.4 Å². The van der Waals surface area contributed by atoms with Gasteiger partial charge >= 0.3 is 5.97 Å². The van der Waals surface area contributed by atoms with Crippen molar-refractivity contribution in [3.63, 3.8) is 0 Å². The molecule has 0 spiro atoms. The molecule has 0 aliphatic heterocycles. The molecule has 2 aromatic heterocycles. The maximum absolute atomic E-state index is 13.3. The quantitative estimate of drug-likeness (QED) is 0.776. The first kappa shape index (κ1) is 10.3. The maximum atomic E-state index is 13.3. The van der Waals surface area contributed by atoms with E-state index in [4.69, 9.17) is 5.11 Å². The summed E-state index contributed by atoms with van der Waals surface area (Å²) in [4.78, 5) is 14.3. The van der Waals surface area contributed by atoms with Gasteiger partial charge in [0, 0.05) is 13.2 Å². The van der Waals surface area contributed by atoms with Crippen molar-refractivity contribution in [3.8, 4) is 11.3 Å². The van der Waals surface area contributed by atoms with Crippen LogP contribution in [-0.4, -0.2) is 25.8 Å². The van der Waals surface area contributed by atoms with Crippen molar-refractivity contribution in [3.05, 3.63) is 36.0 Å². The SMILES string of the molecule is Cn1nc(-c2cccnc2F)cc1C(=O)O. The Bertz CT molecular complexity index is 551. The summed E-state index contributed by atoms with van der Waals surface area (Å²) in [5.41, 5.74) is 0.439. The lowest BCUT2D eigenvalue weighted by atomic mass is 10.2. The monoisotopic (exact) mass is 221 g/mol. The number of rotatable bonds is 2. The molecular formula is C10H8FN3O2. The van der Waals surface area contributed by atoms with E-state index < -0.39 is 11.9 Å². The second-order valence-electron chi connectivity index (χ2n) is 3.19. The molecule has 0 saturated carbocycles. The highest BCUT2D eigenvalue weighted by Gasteiger charge is 2.15. The molecule has 6 heteroatoms. The molecule has 5 nitrogen and oxygen atoms in total. The van der Waals surface area contributed by atoms with Crippen LogP contribution in [-0.2, 0) is 7.05 Å². The second kappa shape index (κ2) is 3.73. The topological polar surface area (TPSA) is 68.0 Å². The van der Waals surface area contributed by atoms with E-state index in [1.165, 1.54) is 30.1 Å². The maximum Gasteiger partial charge on any atom is 0.354 e. The highest BCUT2D eigenvalue weighted by atomic mass is 19.1. The van der Waals surface area contributed by atoms with Gasteiger partial charge in [-0.2, -0.15) is 9.49 Å². The Labute approximate surface area is 90.2 Å². The van der Waals surface area contributed by atoms with Crippen LogP contribution < -0.4 is 0 Å². The molecular weight excluding hydrogens is 213 g/mol. The summed E-state index contributed by atoms with van der Waals surface area (Å²) in [6.07, 6.45) is 1.32. The van der Waals surface area contributed by atoms with Crippen molar-refractivity contribution in [1.29, 1.82) is 0 Å². The Morgan fingerprint density at radius 1 is 1.56 bits per heavy atom. The summed E-state index contributed by atoms with van der Waals surface area (Å²) < 4.78 is 14.5. The first-order chi connectivity index (χ1) is 7.59. The Kier molecular flexibility index (Phi) is 2.40. The number of carbonyl (C=O) groups is 1. The third-order valence-corrected chi connectivity index (χ3v) is 2.13. The Balaban J connectivity index is 2.54. The van der Waals surface area contributed by atoms with Gasteiger partial charge in [-0.05, 0) is 18.2 Å². The number of hydrogen-bond acceptors (Lipinski definition) is 3. The van der Waals surface area contributed by atoms with Crippen molar-refractivity contribution in [1.82, 2.24) is 14.8 Å². The summed E-state index contributed by atoms with van der Waals surface area (Å²) in [5, 5.41) is 12.7. The Morgan fingerprint density at radius 3 is 2.88 bits per heavy atom. The van der Waals surface area contributed by atoms with Gasteiger partial charge < -0.3 is 5.11 Å². The molecule has 0 bridgehead atoms. The molecule has 2 rings (SSSR count). The normalized spacial score (nSPS) is 10.4. The predicted octanol–water partition coefficient (Wildman–Crippen LogP) is 1.32. The van der Waals surface area contributed by atoms with Crippen LogP contribution in [0.3, 0.4) is 0 Å². The smallest absolute Gasteiger partial charge is 0.354 e. The first-order valence-corrected chi connectivity index (χ1v) is 4.48. The van der Waals surface area contributed by atoms with Crippen molar-refractivity contribution in [2.45, 2.75) is 0 Å². The van der Waals surface area contributed by atoms with E-state index in [1.807, 2.05) is 0 Å². The number of halogens is 1. The molecule has 0 radical (unpaired) electrons. The van der Waals surface area contributed by atoms with E-state index in [1.54, 1.807) is 6.07 Å². The largest absolute Gasteiger partial charge is 0.477 e. The van der Waals surface area contributed by atoms with E-state index in [9.17, 15) is 9.18 Å².